The van der Waals surface area contributed by atoms with Crippen LogP contribution in [0.4, 0.5) is 5.69 Å². The van der Waals surface area contributed by atoms with Crippen LogP contribution in [0.5, 0.6) is 5.75 Å². The minimum atomic E-state index is -0.275. The number of hydrogen-bond acceptors (Lipinski definition) is 5. The maximum atomic E-state index is 12.6. The lowest BCUT2D eigenvalue weighted by Gasteiger charge is -2.10. The van der Waals surface area contributed by atoms with Gasteiger partial charge in [-0.05, 0) is 61.4 Å². The fourth-order valence-corrected chi connectivity index (χ4v) is 4.49. The summed E-state index contributed by atoms with van der Waals surface area (Å²) in [6.45, 7) is 3.56. The number of nitrogens with zero attached hydrogens (tertiary/aromatic N) is 1. The van der Waals surface area contributed by atoms with Gasteiger partial charge in [0.2, 0.25) is 0 Å². The average molecular weight is 492 g/mol. The standard InChI is InChI=1S/C26H22ClN3O3S/c1-16-13-19(27)9-12-23(16)33-14-25(31)28-20-10-7-18(8-11-20)17(2)29-30-26(32)22-15-34-24-6-4-3-5-21(22)24/h3-13,15H,14H2,1-2H3,(H,28,31)(H,30,32)/b29-17-. The molecule has 0 fully saturated rings. The average Bonchev–Trinajstić information content (AvgIpc) is 3.26. The zero-order valence-electron chi connectivity index (χ0n) is 18.6. The Morgan fingerprint density at radius 3 is 2.59 bits per heavy atom. The van der Waals surface area contributed by atoms with E-state index in [-0.39, 0.29) is 18.4 Å². The normalized spacial score (nSPS) is 11.3. The summed E-state index contributed by atoms with van der Waals surface area (Å²) >= 11 is 7.46. The Morgan fingerprint density at radius 2 is 1.82 bits per heavy atom. The molecule has 0 aliphatic heterocycles. The summed E-state index contributed by atoms with van der Waals surface area (Å²) in [5.74, 6) is 0.0820. The highest BCUT2D eigenvalue weighted by atomic mass is 35.5. The second kappa shape index (κ2) is 10.5. The summed E-state index contributed by atoms with van der Waals surface area (Å²) in [5, 5.41) is 10.4. The molecule has 0 radical (unpaired) electrons. The van der Waals surface area contributed by atoms with Crippen molar-refractivity contribution in [2.45, 2.75) is 13.8 Å². The molecule has 0 aliphatic carbocycles. The van der Waals surface area contributed by atoms with Crippen molar-refractivity contribution < 1.29 is 14.3 Å². The first-order chi connectivity index (χ1) is 16.4. The van der Waals surface area contributed by atoms with Crippen LogP contribution in [-0.2, 0) is 4.79 Å². The molecular weight excluding hydrogens is 470 g/mol. The van der Waals surface area contributed by atoms with Gasteiger partial charge < -0.3 is 10.1 Å². The van der Waals surface area contributed by atoms with E-state index < -0.39 is 0 Å². The van der Waals surface area contributed by atoms with Crippen LogP contribution in [0.3, 0.4) is 0 Å². The number of carbonyl (C=O) groups is 2. The van der Waals surface area contributed by atoms with E-state index in [1.807, 2.05) is 55.6 Å². The van der Waals surface area contributed by atoms with E-state index in [9.17, 15) is 9.59 Å². The number of nitrogens with one attached hydrogen (secondary N) is 2. The number of halogens is 1. The first kappa shape index (κ1) is 23.5. The van der Waals surface area contributed by atoms with Crippen LogP contribution in [-0.4, -0.2) is 24.1 Å². The molecule has 0 aliphatic rings. The topological polar surface area (TPSA) is 79.8 Å². The molecule has 2 amide bonds. The number of fused-ring (bicyclic) bond motifs is 1. The SMILES string of the molecule is C/C(=N/NC(=O)c1csc2ccccc12)c1ccc(NC(=O)COc2ccc(Cl)cc2C)cc1. The molecule has 0 bridgehead atoms. The number of thiophene rings is 1. The van der Waals surface area contributed by atoms with Crippen molar-refractivity contribution in [2.75, 3.05) is 11.9 Å². The molecule has 8 heteroatoms. The fraction of sp³-hybridized carbons (Fsp3) is 0.115. The van der Waals surface area contributed by atoms with Crippen molar-refractivity contribution in [2.24, 2.45) is 5.10 Å². The molecule has 4 rings (SSSR count). The smallest absolute Gasteiger partial charge is 0.272 e. The van der Waals surface area contributed by atoms with Gasteiger partial charge in [-0.15, -0.1) is 11.3 Å². The van der Waals surface area contributed by atoms with Gasteiger partial charge in [0.25, 0.3) is 11.8 Å². The molecule has 3 aromatic carbocycles. The van der Waals surface area contributed by atoms with Gasteiger partial charge in [-0.3, -0.25) is 9.59 Å². The van der Waals surface area contributed by atoms with Crippen LogP contribution in [0.15, 0.2) is 77.2 Å². The van der Waals surface area contributed by atoms with Gasteiger partial charge >= 0.3 is 0 Å². The van der Waals surface area contributed by atoms with E-state index in [2.05, 4.69) is 15.8 Å². The van der Waals surface area contributed by atoms with Crippen LogP contribution in [0.1, 0.15) is 28.4 Å². The third-order valence-corrected chi connectivity index (χ3v) is 6.33. The molecule has 1 aromatic heterocycles. The second-order valence-corrected chi connectivity index (χ2v) is 8.96. The van der Waals surface area contributed by atoms with Gasteiger partial charge in [0.05, 0.1) is 11.3 Å². The molecule has 0 atom stereocenters. The summed E-state index contributed by atoms with van der Waals surface area (Å²) in [5.41, 5.74) is 6.18. The summed E-state index contributed by atoms with van der Waals surface area (Å²) in [4.78, 5) is 24.8. The largest absolute Gasteiger partial charge is 0.483 e. The highest BCUT2D eigenvalue weighted by Crippen LogP contribution is 2.25. The Hall–Kier alpha value is -3.68. The highest BCUT2D eigenvalue weighted by Gasteiger charge is 2.12. The summed E-state index contributed by atoms with van der Waals surface area (Å²) < 4.78 is 6.63. The molecule has 2 N–H and O–H groups in total. The predicted octanol–water partition coefficient (Wildman–Crippen LogP) is 6.03. The quantitative estimate of drug-likeness (QED) is 0.244. The van der Waals surface area contributed by atoms with Crippen LogP contribution in [0, 0.1) is 6.92 Å². The molecule has 0 saturated heterocycles. The van der Waals surface area contributed by atoms with Gasteiger partial charge in [0, 0.05) is 26.2 Å². The van der Waals surface area contributed by atoms with E-state index in [1.54, 1.807) is 30.3 Å². The van der Waals surface area contributed by atoms with Crippen molar-refractivity contribution in [1.82, 2.24) is 5.43 Å². The van der Waals surface area contributed by atoms with E-state index >= 15 is 0 Å². The minimum Gasteiger partial charge on any atom is -0.483 e. The maximum Gasteiger partial charge on any atom is 0.272 e. The Kier molecular flexibility index (Phi) is 7.25. The summed E-state index contributed by atoms with van der Waals surface area (Å²) in [6.07, 6.45) is 0. The van der Waals surface area contributed by atoms with Crippen LogP contribution in [0.2, 0.25) is 5.02 Å². The van der Waals surface area contributed by atoms with Crippen molar-refractivity contribution >= 4 is 56.2 Å². The molecule has 34 heavy (non-hydrogen) atoms. The molecule has 1 heterocycles. The lowest BCUT2D eigenvalue weighted by Crippen LogP contribution is -2.20. The molecule has 0 saturated carbocycles. The Bertz CT molecular complexity index is 1380. The molecule has 172 valence electrons. The Morgan fingerprint density at radius 1 is 1.06 bits per heavy atom. The number of amides is 2. The third-order valence-electron chi connectivity index (χ3n) is 5.13. The fourth-order valence-electron chi connectivity index (χ4n) is 3.32. The van der Waals surface area contributed by atoms with Gasteiger partial charge in [-0.25, -0.2) is 5.43 Å². The lowest BCUT2D eigenvalue weighted by atomic mass is 10.1. The third kappa shape index (κ3) is 5.62. The van der Waals surface area contributed by atoms with Gasteiger partial charge in [-0.2, -0.15) is 5.10 Å². The number of ether oxygens (including phenoxy) is 1. The molecular formula is C26H22ClN3O3S. The summed E-state index contributed by atoms with van der Waals surface area (Å²) in [6, 6.07) is 20.2. The van der Waals surface area contributed by atoms with Crippen molar-refractivity contribution in [1.29, 1.82) is 0 Å². The maximum absolute atomic E-state index is 12.6. The number of aryl methyl sites for hydroxylation is 1. The summed E-state index contributed by atoms with van der Waals surface area (Å²) in [7, 11) is 0. The first-order valence-corrected chi connectivity index (χ1v) is 11.8. The van der Waals surface area contributed by atoms with Gasteiger partial charge in [0.15, 0.2) is 6.61 Å². The van der Waals surface area contributed by atoms with Gasteiger partial charge in [0.1, 0.15) is 5.75 Å². The molecule has 4 aromatic rings. The van der Waals surface area contributed by atoms with Crippen molar-refractivity contribution in [3.63, 3.8) is 0 Å². The van der Waals surface area contributed by atoms with E-state index in [0.29, 0.717) is 27.7 Å². The number of carbonyl (C=O) groups excluding carboxylic acids is 2. The first-order valence-electron chi connectivity index (χ1n) is 10.5. The second-order valence-electron chi connectivity index (χ2n) is 7.61. The van der Waals surface area contributed by atoms with Crippen LogP contribution in [0.25, 0.3) is 10.1 Å². The number of anilines is 1. The molecule has 6 nitrogen and oxygen atoms in total. The van der Waals surface area contributed by atoms with E-state index in [4.69, 9.17) is 16.3 Å². The van der Waals surface area contributed by atoms with E-state index in [0.717, 1.165) is 21.2 Å². The zero-order valence-corrected chi connectivity index (χ0v) is 20.2. The lowest BCUT2D eigenvalue weighted by molar-refractivity contribution is -0.118. The monoisotopic (exact) mass is 491 g/mol. The van der Waals surface area contributed by atoms with Gasteiger partial charge in [-0.1, -0.05) is 41.9 Å². The number of benzene rings is 3. The van der Waals surface area contributed by atoms with Crippen LogP contribution < -0.4 is 15.5 Å². The zero-order chi connectivity index (χ0) is 24.1. The van der Waals surface area contributed by atoms with Crippen molar-refractivity contribution in [3.8, 4) is 5.75 Å². The predicted molar refractivity (Wildman–Crippen MR) is 138 cm³/mol. The Labute approximate surface area is 206 Å². The molecule has 0 unspecified atom stereocenters. The highest BCUT2D eigenvalue weighted by molar-refractivity contribution is 7.17. The Balaban J connectivity index is 1.32. The number of rotatable bonds is 7. The van der Waals surface area contributed by atoms with Crippen molar-refractivity contribution in [3.05, 3.63) is 93.8 Å². The van der Waals surface area contributed by atoms with E-state index in [1.165, 1.54) is 11.3 Å². The molecule has 0 spiro atoms. The van der Waals surface area contributed by atoms with Crippen LogP contribution >= 0.6 is 22.9 Å². The minimum absolute atomic E-state index is 0.117. The number of hydrazone groups is 1. The number of hydrogen-bond donors (Lipinski definition) is 2.